The van der Waals surface area contributed by atoms with E-state index in [-0.39, 0.29) is 11.5 Å². The summed E-state index contributed by atoms with van der Waals surface area (Å²) in [6.07, 6.45) is 0. The maximum Gasteiger partial charge on any atom is 0.335 e. The lowest BCUT2D eigenvalue weighted by Gasteiger charge is -2.10. The summed E-state index contributed by atoms with van der Waals surface area (Å²) in [7, 11) is 0. The predicted octanol–water partition coefficient (Wildman–Crippen LogP) is 2.84. The largest absolute Gasteiger partial charge is 0.478 e. The number of carboxylic acids is 1. The van der Waals surface area contributed by atoms with Crippen molar-refractivity contribution in [3.63, 3.8) is 0 Å². The molecule has 0 saturated heterocycles. The van der Waals surface area contributed by atoms with Crippen LogP contribution >= 0.6 is 0 Å². The van der Waals surface area contributed by atoms with Crippen LogP contribution < -0.4 is 11.1 Å². The van der Waals surface area contributed by atoms with E-state index in [1.807, 2.05) is 6.92 Å². The molecule has 0 bridgehead atoms. The maximum absolute atomic E-state index is 12.2. The standard InChI is InChI=1S/C16H16N2O3/c1-9-7-11(17)3-5-13(9)15(19)18-12-4-6-14(16(20)21)10(2)8-12/h3-8H,17H2,1-2H3,(H,18,19)(H,20,21). The fraction of sp³-hybridized carbons (Fsp3) is 0.125. The lowest BCUT2D eigenvalue weighted by atomic mass is 10.1. The number of carboxylic acid groups (broad SMARTS) is 1. The second-order valence-corrected chi connectivity index (χ2v) is 4.86. The number of amides is 1. The number of hydrogen-bond acceptors (Lipinski definition) is 3. The summed E-state index contributed by atoms with van der Waals surface area (Å²) >= 11 is 0. The Kier molecular flexibility index (Phi) is 3.93. The predicted molar refractivity (Wildman–Crippen MR) is 81.7 cm³/mol. The number of carbonyl (C=O) groups is 2. The van der Waals surface area contributed by atoms with Gasteiger partial charge in [-0.1, -0.05) is 0 Å². The Labute approximate surface area is 122 Å². The van der Waals surface area contributed by atoms with E-state index < -0.39 is 5.97 Å². The van der Waals surface area contributed by atoms with E-state index in [0.717, 1.165) is 5.56 Å². The molecule has 0 fully saturated rings. The topological polar surface area (TPSA) is 92.4 Å². The van der Waals surface area contributed by atoms with Crippen LogP contribution in [-0.4, -0.2) is 17.0 Å². The molecule has 2 aromatic rings. The zero-order valence-electron chi connectivity index (χ0n) is 11.8. The Bertz CT molecular complexity index is 723. The molecule has 0 aromatic heterocycles. The van der Waals surface area contributed by atoms with E-state index in [2.05, 4.69) is 5.32 Å². The number of aromatic carboxylic acids is 1. The van der Waals surface area contributed by atoms with Crippen LogP contribution in [-0.2, 0) is 0 Å². The number of rotatable bonds is 3. The molecule has 2 aromatic carbocycles. The van der Waals surface area contributed by atoms with Gasteiger partial charge in [-0.15, -0.1) is 0 Å². The second kappa shape index (κ2) is 5.66. The first-order valence-corrected chi connectivity index (χ1v) is 6.40. The van der Waals surface area contributed by atoms with Crippen LogP contribution in [0.15, 0.2) is 36.4 Å². The van der Waals surface area contributed by atoms with Gasteiger partial charge in [0.05, 0.1) is 5.56 Å². The lowest BCUT2D eigenvalue weighted by Crippen LogP contribution is -2.14. The number of benzene rings is 2. The van der Waals surface area contributed by atoms with Gasteiger partial charge in [0.25, 0.3) is 5.91 Å². The van der Waals surface area contributed by atoms with E-state index in [1.54, 1.807) is 37.3 Å². The minimum Gasteiger partial charge on any atom is -0.478 e. The van der Waals surface area contributed by atoms with E-state index in [0.29, 0.717) is 22.5 Å². The quantitative estimate of drug-likeness (QED) is 0.756. The van der Waals surface area contributed by atoms with Crippen LogP contribution in [0.1, 0.15) is 31.8 Å². The summed E-state index contributed by atoms with van der Waals surface area (Å²) in [5.74, 6) is -1.24. The molecule has 0 radical (unpaired) electrons. The van der Waals surface area contributed by atoms with Crippen molar-refractivity contribution in [1.29, 1.82) is 0 Å². The van der Waals surface area contributed by atoms with Crippen molar-refractivity contribution in [2.75, 3.05) is 11.1 Å². The first-order valence-electron chi connectivity index (χ1n) is 6.40. The molecule has 0 unspecified atom stereocenters. The second-order valence-electron chi connectivity index (χ2n) is 4.86. The minimum atomic E-state index is -0.986. The van der Waals surface area contributed by atoms with Gasteiger partial charge in [0.1, 0.15) is 0 Å². The van der Waals surface area contributed by atoms with E-state index in [4.69, 9.17) is 10.8 Å². The molecule has 108 valence electrons. The highest BCUT2D eigenvalue weighted by atomic mass is 16.4. The normalized spacial score (nSPS) is 10.2. The molecule has 5 nitrogen and oxygen atoms in total. The maximum atomic E-state index is 12.2. The summed E-state index contributed by atoms with van der Waals surface area (Å²) in [4.78, 5) is 23.2. The van der Waals surface area contributed by atoms with Crippen molar-refractivity contribution in [2.24, 2.45) is 0 Å². The number of nitrogens with two attached hydrogens (primary N) is 1. The number of hydrogen-bond donors (Lipinski definition) is 3. The molecule has 0 aliphatic carbocycles. The SMILES string of the molecule is Cc1cc(NC(=O)c2ccc(N)cc2C)ccc1C(=O)O. The Balaban J connectivity index is 2.23. The number of nitrogens with one attached hydrogen (secondary N) is 1. The number of aryl methyl sites for hydroxylation is 2. The average molecular weight is 284 g/mol. The molecule has 0 spiro atoms. The van der Waals surface area contributed by atoms with Gasteiger partial charge in [-0.25, -0.2) is 4.79 Å². The van der Waals surface area contributed by atoms with Crippen molar-refractivity contribution >= 4 is 23.3 Å². The molecule has 4 N–H and O–H groups in total. The Morgan fingerprint density at radius 1 is 1.00 bits per heavy atom. The van der Waals surface area contributed by atoms with Crippen molar-refractivity contribution < 1.29 is 14.7 Å². The van der Waals surface area contributed by atoms with Gasteiger partial charge in [-0.2, -0.15) is 0 Å². The van der Waals surface area contributed by atoms with Crippen LogP contribution in [0.3, 0.4) is 0 Å². The average Bonchev–Trinajstić information content (AvgIpc) is 2.37. The van der Waals surface area contributed by atoms with Gasteiger partial charge in [0.15, 0.2) is 0 Å². The van der Waals surface area contributed by atoms with Crippen molar-refractivity contribution in [2.45, 2.75) is 13.8 Å². The van der Waals surface area contributed by atoms with Crippen molar-refractivity contribution in [3.8, 4) is 0 Å². The summed E-state index contributed by atoms with van der Waals surface area (Å²) in [5, 5.41) is 11.7. The van der Waals surface area contributed by atoms with E-state index in [1.165, 1.54) is 6.07 Å². The van der Waals surface area contributed by atoms with Gasteiger partial charge in [-0.3, -0.25) is 4.79 Å². The van der Waals surface area contributed by atoms with Gasteiger partial charge in [0.2, 0.25) is 0 Å². The summed E-state index contributed by atoms with van der Waals surface area (Å²) < 4.78 is 0. The van der Waals surface area contributed by atoms with Crippen LogP contribution in [0, 0.1) is 13.8 Å². The molecule has 21 heavy (non-hydrogen) atoms. The smallest absolute Gasteiger partial charge is 0.335 e. The third-order valence-electron chi connectivity index (χ3n) is 3.21. The van der Waals surface area contributed by atoms with Gasteiger partial charge >= 0.3 is 5.97 Å². The zero-order valence-corrected chi connectivity index (χ0v) is 11.8. The molecule has 0 heterocycles. The lowest BCUT2D eigenvalue weighted by molar-refractivity contribution is 0.0696. The molecule has 1 amide bonds. The minimum absolute atomic E-state index is 0.219. The Hall–Kier alpha value is -2.82. The van der Waals surface area contributed by atoms with Gasteiger partial charge < -0.3 is 16.2 Å². The van der Waals surface area contributed by atoms with Crippen molar-refractivity contribution in [1.82, 2.24) is 0 Å². The fourth-order valence-corrected chi connectivity index (χ4v) is 2.12. The first kappa shape index (κ1) is 14.6. The molecule has 0 saturated carbocycles. The van der Waals surface area contributed by atoms with Crippen LogP contribution in [0.25, 0.3) is 0 Å². The molecular formula is C16H16N2O3. The Morgan fingerprint density at radius 3 is 2.19 bits per heavy atom. The highest BCUT2D eigenvalue weighted by Crippen LogP contribution is 2.18. The highest BCUT2D eigenvalue weighted by Gasteiger charge is 2.11. The molecule has 0 aliphatic rings. The third kappa shape index (κ3) is 3.20. The van der Waals surface area contributed by atoms with Gasteiger partial charge in [0, 0.05) is 16.9 Å². The summed E-state index contributed by atoms with van der Waals surface area (Å²) in [6, 6.07) is 9.74. The number of carbonyl (C=O) groups excluding carboxylic acids is 1. The molecule has 0 atom stereocenters. The van der Waals surface area contributed by atoms with Crippen LogP contribution in [0.5, 0.6) is 0 Å². The van der Waals surface area contributed by atoms with Gasteiger partial charge in [-0.05, 0) is 61.4 Å². The van der Waals surface area contributed by atoms with Crippen LogP contribution in [0.2, 0.25) is 0 Å². The van der Waals surface area contributed by atoms with Crippen molar-refractivity contribution in [3.05, 3.63) is 58.7 Å². The van der Waals surface area contributed by atoms with E-state index >= 15 is 0 Å². The third-order valence-corrected chi connectivity index (χ3v) is 3.21. The molecule has 2 rings (SSSR count). The first-order chi connectivity index (χ1) is 9.88. The summed E-state index contributed by atoms with van der Waals surface area (Å²) in [5.41, 5.74) is 8.94. The van der Waals surface area contributed by atoms with Crippen LogP contribution in [0.4, 0.5) is 11.4 Å². The zero-order chi connectivity index (χ0) is 15.6. The summed E-state index contributed by atoms with van der Waals surface area (Å²) in [6.45, 7) is 3.50. The molecule has 5 heteroatoms. The Morgan fingerprint density at radius 2 is 1.62 bits per heavy atom. The monoisotopic (exact) mass is 284 g/mol. The fourth-order valence-electron chi connectivity index (χ4n) is 2.12. The highest BCUT2D eigenvalue weighted by molar-refractivity contribution is 6.05. The number of anilines is 2. The molecular weight excluding hydrogens is 268 g/mol. The number of nitrogen functional groups attached to an aromatic ring is 1. The van der Waals surface area contributed by atoms with E-state index in [9.17, 15) is 9.59 Å². The molecule has 0 aliphatic heterocycles.